The van der Waals surface area contributed by atoms with Crippen molar-refractivity contribution in [3.05, 3.63) is 5.69 Å². The van der Waals surface area contributed by atoms with Gasteiger partial charge in [-0.25, -0.2) is 9.78 Å². The number of nitriles is 1. The summed E-state index contributed by atoms with van der Waals surface area (Å²) in [5.74, 6) is 0.370. The predicted octanol–water partition coefficient (Wildman–Crippen LogP) is 3.41. The van der Waals surface area contributed by atoms with Gasteiger partial charge >= 0.3 is 6.09 Å². The zero-order chi connectivity index (χ0) is 13.8. The molecule has 0 spiro atoms. The highest BCUT2D eigenvalue weighted by atomic mass is 32.2. The normalized spacial score (nSPS) is 10.8. The number of nitrogens with one attached hydrogen (secondary N) is 1. The molecule has 0 aliphatic carbocycles. The Morgan fingerprint density at radius 3 is 2.83 bits per heavy atom. The van der Waals surface area contributed by atoms with Crippen molar-refractivity contribution < 1.29 is 9.53 Å². The van der Waals surface area contributed by atoms with Gasteiger partial charge < -0.3 is 4.74 Å². The number of nitrogens with zero attached hydrogens (tertiary/aromatic N) is 2. The van der Waals surface area contributed by atoms with Crippen LogP contribution in [0.1, 0.15) is 26.5 Å². The van der Waals surface area contributed by atoms with Crippen molar-refractivity contribution in [1.29, 1.82) is 5.26 Å². The molecule has 1 rings (SSSR count). The lowest BCUT2D eigenvalue weighted by atomic mass is 10.2. The predicted molar refractivity (Wildman–Crippen MR) is 73.0 cm³/mol. The average Bonchev–Trinajstić information content (AvgIpc) is 2.52. The van der Waals surface area contributed by atoms with Crippen LogP contribution < -0.4 is 5.32 Å². The number of hydrogen-bond donors (Lipinski definition) is 1. The van der Waals surface area contributed by atoms with E-state index in [4.69, 9.17) is 10.00 Å². The van der Waals surface area contributed by atoms with Gasteiger partial charge in [-0.1, -0.05) is 23.1 Å². The highest BCUT2D eigenvalue weighted by Gasteiger charge is 2.18. The first-order valence-corrected chi connectivity index (χ1v) is 7.09. The van der Waals surface area contributed by atoms with Crippen molar-refractivity contribution >= 4 is 34.3 Å². The molecule has 1 N–H and O–H groups in total. The highest BCUT2D eigenvalue weighted by Crippen LogP contribution is 2.31. The quantitative estimate of drug-likeness (QED) is 0.861. The summed E-state index contributed by atoms with van der Waals surface area (Å²) in [6, 6.07) is 2.05. The Bertz CT molecular complexity index is 472. The summed E-state index contributed by atoms with van der Waals surface area (Å²) >= 11 is 2.75. The number of ether oxygens (including phenoxy) is 1. The Morgan fingerprint density at radius 2 is 2.28 bits per heavy atom. The lowest BCUT2D eigenvalue weighted by Crippen LogP contribution is -2.27. The van der Waals surface area contributed by atoms with Crippen LogP contribution in [0.3, 0.4) is 0 Å². The van der Waals surface area contributed by atoms with Gasteiger partial charge in [0, 0.05) is 0 Å². The minimum atomic E-state index is -0.533. The van der Waals surface area contributed by atoms with Gasteiger partial charge in [0.1, 0.15) is 5.60 Å². The van der Waals surface area contributed by atoms with E-state index in [1.165, 1.54) is 23.1 Å². The lowest BCUT2D eigenvalue weighted by Gasteiger charge is -2.18. The molecule has 1 aromatic rings. The van der Waals surface area contributed by atoms with Crippen molar-refractivity contribution in [2.24, 2.45) is 0 Å². The number of thioether (sulfide) groups is 1. The van der Waals surface area contributed by atoms with Crippen LogP contribution in [-0.4, -0.2) is 22.4 Å². The second-order valence-corrected chi connectivity index (χ2v) is 6.71. The van der Waals surface area contributed by atoms with E-state index < -0.39 is 11.7 Å². The number of rotatable bonds is 3. The van der Waals surface area contributed by atoms with E-state index in [0.29, 0.717) is 10.9 Å². The molecular formula is C11H15N3O2S2. The zero-order valence-corrected chi connectivity index (χ0v) is 12.4. The van der Waals surface area contributed by atoms with E-state index >= 15 is 0 Å². The Labute approximate surface area is 115 Å². The van der Waals surface area contributed by atoms with Crippen LogP contribution in [0, 0.1) is 18.3 Å². The van der Waals surface area contributed by atoms with Gasteiger partial charge in [0.05, 0.1) is 21.7 Å². The monoisotopic (exact) mass is 285 g/mol. The number of amides is 1. The number of carbonyl (C=O) groups excluding carboxylic acids is 1. The van der Waals surface area contributed by atoms with Gasteiger partial charge in [-0.15, -0.1) is 0 Å². The first kappa shape index (κ1) is 14.8. The molecule has 0 aromatic carbocycles. The summed E-state index contributed by atoms with van der Waals surface area (Å²) in [6.07, 6.45) is -0.520. The van der Waals surface area contributed by atoms with Gasteiger partial charge in [-0.05, 0) is 27.7 Å². The Morgan fingerprint density at radius 1 is 1.61 bits per heavy atom. The van der Waals surface area contributed by atoms with E-state index in [9.17, 15) is 4.79 Å². The molecule has 0 bridgehead atoms. The minimum Gasteiger partial charge on any atom is -0.444 e. The third kappa shape index (κ3) is 4.94. The summed E-state index contributed by atoms with van der Waals surface area (Å²) in [7, 11) is 0. The van der Waals surface area contributed by atoms with Gasteiger partial charge in [-0.3, -0.25) is 5.32 Å². The van der Waals surface area contributed by atoms with Crippen LogP contribution in [-0.2, 0) is 4.74 Å². The Hall–Kier alpha value is -1.26. The topological polar surface area (TPSA) is 75.0 Å². The fourth-order valence-corrected chi connectivity index (χ4v) is 2.84. The smallest absolute Gasteiger partial charge is 0.413 e. The molecule has 7 heteroatoms. The summed E-state index contributed by atoms with van der Waals surface area (Å²) in [5.41, 5.74) is 0.278. The highest BCUT2D eigenvalue weighted by molar-refractivity contribution is 8.01. The van der Waals surface area contributed by atoms with Crippen LogP contribution in [0.25, 0.3) is 0 Å². The molecule has 98 valence electrons. The Kier molecular flexibility index (Phi) is 4.99. The van der Waals surface area contributed by atoms with Gasteiger partial charge in [0.2, 0.25) is 0 Å². The number of anilines is 1. The molecule has 5 nitrogen and oxygen atoms in total. The van der Waals surface area contributed by atoms with E-state index in [1.54, 1.807) is 20.8 Å². The molecule has 1 amide bonds. The van der Waals surface area contributed by atoms with Crippen LogP contribution >= 0.6 is 23.1 Å². The average molecular weight is 285 g/mol. The van der Waals surface area contributed by atoms with E-state index in [-0.39, 0.29) is 0 Å². The molecule has 18 heavy (non-hydrogen) atoms. The van der Waals surface area contributed by atoms with Crippen LogP contribution in [0.2, 0.25) is 0 Å². The molecule has 1 aromatic heterocycles. The molecule has 0 radical (unpaired) electrons. The SMILES string of the molecule is Cc1nc(NC(=O)OC(C)(C)C)sc1SCC#N. The molecule has 0 unspecified atom stereocenters. The minimum absolute atomic E-state index is 0.370. The number of carbonyl (C=O) groups is 1. The Balaban J connectivity index is 2.63. The number of thiazole rings is 1. The summed E-state index contributed by atoms with van der Waals surface area (Å²) in [6.45, 7) is 7.24. The molecule has 0 saturated heterocycles. The summed E-state index contributed by atoms with van der Waals surface area (Å²) in [4.78, 5) is 15.7. The number of aromatic nitrogens is 1. The second-order valence-electron chi connectivity index (χ2n) is 4.47. The maximum atomic E-state index is 11.5. The molecule has 0 aliphatic heterocycles. The number of aryl methyl sites for hydroxylation is 1. The van der Waals surface area contributed by atoms with Crippen molar-refractivity contribution in [3.8, 4) is 6.07 Å². The molecule has 1 heterocycles. The first-order valence-electron chi connectivity index (χ1n) is 5.29. The molecule has 0 aliphatic rings. The maximum absolute atomic E-state index is 11.5. The van der Waals surface area contributed by atoms with Gasteiger partial charge in [-0.2, -0.15) is 5.26 Å². The third-order valence-corrected chi connectivity index (χ3v) is 3.93. The first-order chi connectivity index (χ1) is 8.31. The maximum Gasteiger partial charge on any atom is 0.413 e. The van der Waals surface area contributed by atoms with Crippen LogP contribution in [0.5, 0.6) is 0 Å². The van der Waals surface area contributed by atoms with Gasteiger partial charge in [0.25, 0.3) is 0 Å². The van der Waals surface area contributed by atoms with Gasteiger partial charge in [0.15, 0.2) is 5.13 Å². The van der Waals surface area contributed by atoms with E-state index in [0.717, 1.165) is 9.90 Å². The standard InChI is InChI=1S/C11H15N3O2S2/c1-7-8(17-6-5-12)18-9(13-7)14-10(15)16-11(2,3)4/h6H2,1-4H3,(H,13,14,15). The number of hydrogen-bond acceptors (Lipinski definition) is 6. The van der Waals surface area contributed by atoms with Crippen molar-refractivity contribution in [2.75, 3.05) is 11.1 Å². The molecule has 0 saturated carbocycles. The van der Waals surface area contributed by atoms with Crippen LogP contribution in [0.4, 0.5) is 9.93 Å². The van der Waals surface area contributed by atoms with Crippen molar-refractivity contribution in [1.82, 2.24) is 4.98 Å². The molecule has 0 atom stereocenters. The summed E-state index contributed by atoms with van der Waals surface area (Å²) in [5, 5.41) is 11.6. The van der Waals surface area contributed by atoms with E-state index in [1.807, 2.05) is 6.92 Å². The fraction of sp³-hybridized carbons (Fsp3) is 0.545. The largest absolute Gasteiger partial charge is 0.444 e. The molecular weight excluding hydrogens is 270 g/mol. The van der Waals surface area contributed by atoms with E-state index in [2.05, 4.69) is 16.4 Å². The third-order valence-electron chi connectivity index (χ3n) is 1.63. The second kappa shape index (κ2) is 6.07. The van der Waals surface area contributed by atoms with Crippen molar-refractivity contribution in [3.63, 3.8) is 0 Å². The molecule has 0 fully saturated rings. The zero-order valence-electron chi connectivity index (χ0n) is 10.7. The fourth-order valence-electron chi connectivity index (χ4n) is 1.06. The summed E-state index contributed by atoms with van der Waals surface area (Å²) < 4.78 is 6.06. The van der Waals surface area contributed by atoms with Crippen LogP contribution in [0.15, 0.2) is 4.21 Å². The van der Waals surface area contributed by atoms with Crippen molar-refractivity contribution in [2.45, 2.75) is 37.5 Å². The lowest BCUT2D eigenvalue weighted by molar-refractivity contribution is 0.0636.